The molecule has 2 saturated heterocycles. The topological polar surface area (TPSA) is 21.3 Å². The molecule has 13 heavy (non-hydrogen) atoms. The van der Waals surface area contributed by atoms with Crippen molar-refractivity contribution in [1.29, 1.82) is 0 Å². The first-order valence-corrected chi connectivity index (χ1v) is 6.14. The molecule has 3 heteroatoms. The Morgan fingerprint density at radius 1 is 1.46 bits per heavy atom. The maximum atomic E-state index is 5.52. The van der Waals surface area contributed by atoms with Crippen LogP contribution >= 0.6 is 11.8 Å². The molecule has 0 bridgehead atoms. The summed E-state index contributed by atoms with van der Waals surface area (Å²) in [7, 11) is 0. The molecule has 0 aromatic rings. The van der Waals surface area contributed by atoms with E-state index in [4.69, 9.17) is 4.74 Å². The molecule has 1 N–H and O–H groups in total. The number of ether oxygens (including phenoxy) is 1. The van der Waals surface area contributed by atoms with E-state index in [0.29, 0.717) is 10.8 Å². The van der Waals surface area contributed by atoms with Gasteiger partial charge >= 0.3 is 0 Å². The molecule has 0 saturated carbocycles. The van der Waals surface area contributed by atoms with Gasteiger partial charge in [-0.3, -0.25) is 0 Å². The maximum absolute atomic E-state index is 5.52. The van der Waals surface area contributed by atoms with Crippen LogP contribution in [-0.4, -0.2) is 36.3 Å². The highest BCUT2D eigenvalue weighted by Crippen LogP contribution is 2.44. The first-order chi connectivity index (χ1) is 6.20. The standard InChI is InChI=1S/C10H19NOS/c1-10(2)8(3-6-13-10)9-7-12-5-4-11-9/h8-9,11H,3-7H2,1-2H3. The molecule has 0 amide bonds. The number of rotatable bonds is 1. The average Bonchev–Trinajstić information content (AvgIpc) is 2.47. The van der Waals surface area contributed by atoms with E-state index in [0.717, 1.165) is 25.7 Å². The molecular weight excluding hydrogens is 182 g/mol. The second kappa shape index (κ2) is 3.79. The number of thioether (sulfide) groups is 1. The van der Waals surface area contributed by atoms with Crippen molar-refractivity contribution in [2.24, 2.45) is 5.92 Å². The fourth-order valence-corrected chi connectivity index (χ4v) is 3.83. The van der Waals surface area contributed by atoms with Crippen LogP contribution in [0.3, 0.4) is 0 Å². The number of morpholine rings is 1. The Labute approximate surface area is 84.8 Å². The lowest BCUT2D eigenvalue weighted by Gasteiger charge is -2.36. The molecule has 2 nitrogen and oxygen atoms in total. The Bertz CT molecular complexity index is 178. The van der Waals surface area contributed by atoms with Crippen LogP contribution in [0.2, 0.25) is 0 Å². The summed E-state index contributed by atoms with van der Waals surface area (Å²) in [6, 6.07) is 0.596. The van der Waals surface area contributed by atoms with Crippen LogP contribution in [0.4, 0.5) is 0 Å². The van der Waals surface area contributed by atoms with Gasteiger partial charge in [0.05, 0.1) is 13.2 Å². The van der Waals surface area contributed by atoms with Gasteiger partial charge in [-0.15, -0.1) is 0 Å². The van der Waals surface area contributed by atoms with E-state index < -0.39 is 0 Å². The lowest BCUT2D eigenvalue weighted by molar-refractivity contribution is 0.0518. The largest absolute Gasteiger partial charge is 0.379 e. The Kier molecular flexibility index (Phi) is 2.86. The summed E-state index contributed by atoms with van der Waals surface area (Å²) in [6.07, 6.45) is 1.35. The van der Waals surface area contributed by atoms with Crippen molar-refractivity contribution in [2.45, 2.75) is 31.1 Å². The summed E-state index contributed by atoms with van der Waals surface area (Å²) >= 11 is 2.11. The highest BCUT2D eigenvalue weighted by Gasteiger charge is 2.40. The first kappa shape index (κ1) is 9.81. The number of nitrogens with one attached hydrogen (secondary N) is 1. The quantitative estimate of drug-likeness (QED) is 0.695. The van der Waals surface area contributed by atoms with Crippen molar-refractivity contribution >= 4 is 11.8 Å². The van der Waals surface area contributed by atoms with Gasteiger partial charge in [-0.25, -0.2) is 0 Å². The zero-order valence-electron chi connectivity index (χ0n) is 8.51. The van der Waals surface area contributed by atoms with Crippen LogP contribution in [0.1, 0.15) is 20.3 Å². The molecule has 0 aliphatic carbocycles. The monoisotopic (exact) mass is 201 g/mol. The summed E-state index contributed by atoms with van der Waals surface area (Å²) in [5, 5.41) is 3.58. The van der Waals surface area contributed by atoms with Gasteiger partial charge in [-0.1, -0.05) is 13.8 Å². The van der Waals surface area contributed by atoms with E-state index in [9.17, 15) is 0 Å². The van der Waals surface area contributed by atoms with Crippen molar-refractivity contribution in [3.05, 3.63) is 0 Å². The summed E-state index contributed by atoms with van der Waals surface area (Å²) in [5.74, 6) is 2.10. The fraction of sp³-hybridized carbons (Fsp3) is 1.00. The first-order valence-electron chi connectivity index (χ1n) is 5.15. The van der Waals surface area contributed by atoms with Gasteiger partial charge in [-0.05, 0) is 18.1 Å². The maximum Gasteiger partial charge on any atom is 0.0623 e. The summed E-state index contributed by atoms with van der Waals surface area (Å²) in [4.78, 5) is 0. The molecule has 0 aromatic carbocycles. The third-order valence-corrected chi connectivity index (χ3v) is 4.72. The lowest BCUT2D eigenvalue weighted by atomic mass is 9.86. The minimum absolute atomic E-state index is 0.443. The van der Waals surface area contributed by atoms with Gasteiger partial charge in [0.15, 0.2) is 0 Å². The van der Waals surface area contributed by atoms with Crippen LogP contribution in [0.5, 0.6) is 0 Å². The van der Waals surface area contributed by atoms with Gasteiger partial charge in [0.1, 0.15) is 0 Å². The smallest absolute Gasteiger partial charge is 0.0623 e. The van der Waals surface area contributed by atoms with E-state index in [1.807, 2.05) is 0 Å². The highest BCUT2D eigenvalue weighted by molar-refractivity contribution is 8.00. The summed E-state index contributed by atoms with van der Waals surface area (Å²) in [5.41, 5.74) is 0. The van der Waals surface area contributed by atoms with E-state index in [-0.39, 0.29) is 0 Å². The van der Waals surface area contributed by atoms with E-state index >= 15 is 0 Å². The van der Waals surface area contributed by atoms with Crippen molar-refractivity contribution in [2.75, 3.05) is 25.5 Å². The zero-order chi connectivity index (χ0) is 9.31. The molecule has 2 rings (SSSR count). The van der Waals surface area contributed by atoms with Crippen LogP contribution in [-0.2, 0) is 4.74 Å². The van der Waals surface area contributed by atoms with Crippen LogP contribution in [0, 0.1) is 5.92 Å². The Morgan fingerprint density at radius 2 is 2.31 bits per heavy atom. The third-order valence-electron chi connectivity index (χ3n) is 3.23. The second-order valence-electron chi connectivity index (χ2n) is 4.48. The predicted octanol–water partition coefficient (Wildman–Crippen LogP) is 1.51. The van der Waals surface area contributed by atoms with E-state index in [1.165, 1.54) is 12.2 Å². The molecule has 2 atom stereocenters. The summed E-state index contributed by atoms with van der Waals surface area (Å²) in [6.45, 7) is 7.56. The van der Waals surface area contributed by atoms with Crippen LogP contribution in [0.25, 0.3) is 0 Å². The Hall–Kier alpha value is 0.270. The van der Waals surface area contributed by atoms with E-state index in [2.05, 4.69) is 30.9 Å². The molecule has 2 unspecified atom stereocenters. The van der Waals surface area contributed by atoms with Gasteiger partial charge < -0.3 is 10.1 Å². The molecule has 2 heterocycles. The highest BCUT2D eigenvalue weighted by atomic mass is 32.2. The molecular formula is C10H19NOS. The predicted molar refractivity (Wildman–Crippen MR) is 57.3 cm³/mol. The van der Waals surface area contributed by atoms with Gasteiger partial charge in [0, 0.05) is 17.3 Å². The minimum atomic E-state index is 0.443. The summed E-state index contributed by atoms with van der Waals surface area (Å²) < 4.78 is 5.96. The van der Waals surface area contributed by atoms with Gasteiger partial charge in [-0.2, -0.15) is 11.8 Å². The molecule has 76 valence electrons. The molecule has 2 aliphatic rings. The molecule has 0 spiro atoms. The molecule has 2 aliphatic heterocycles. The van der Waals surface area contributed by atoms with Crippen molar-refractivity contribution in [3.8, 4) is 0 Å². The fourth-order valence-electron chi connectivity index (χ4n) is 2.43. The average molecular weight is 201 g/mol. The third kappa shape index (κ3) is 2.03. The minimum Gasteiger partial charge on any atom is -0.379 e. The number of hydrogen-bond donors (Lipinski definition) is 1. The SMILES string of the molecule is CC1(C)SCCC1C1COCCN1. The van der Waals surface area contributed by atoms with Crippen molar-refractivity contribution < 1.29 is 4.74 Å². The van der Waals surface area contributed by atoms with Crippen LogP contribution in [0.15, 0.2) is 0 Å². The molecule has 0 aromatic heterocycles. The van der Waals surface area contributed by atoms with Crippen LogP contribution < -0.4 is 5.32 Å². The van der Waals surface area contributed by atoms with E-state index in [1.54, 1.807) is 0 Å². The Morgan fingerprint density at radius 3 is 2.85 bits per heavy atom. The number of hydrogen-bond acceptors (Lipinski definition) is 3. The second-order valence-corrected chi connectivity index (χ2v) is 6.23. The van der Waals surface area contributed by atoms with Gasteiger partial charge in [0.25, 0.3) is 0 Å². The normalized spacial score (nSPS) is 39.2. The molecule has 2 fully saturated rings. The van der Waals surface area contributed by atoms with Gasteiger partial charge in [0.2, 0.25) is 0 Å². The zero-order valence-corrected chi connectivity index (χ0v) is 9.32. The van der Waals surface area contributed by atoms with Crippen molar-refractivity contribution in [3.63, 3.8) is 0 Å². The van der Waals surface area contributed by atoms with Crippen molar-refractivity contribution in [1.82, 2.24) is 5.32 Å². The molecule has 0 radical (unpaired) electrons. The lowest BCUT2D eigenvalue weighted by Crippen LogP contribution is -2.50. The Balaban J connectivity index is 1.98.